The Bertz CT molecular complexity index is 603. The largest absolute Gasteiger partial charge is 0.573 e. The highest BCUT2D eigenvalue weighted by atomic mass is 32.2. The Morgan fingerprint density at radius 3 is 2.71 bits per heavy atom. The SMILES string of the molecule is C[C@H]1CN(S(=O)(=O)c2cccc(OC(F)(F)F)c2)CCO1. The maximum atomic E-state index is 12.4. The number of ether oxygens (including phenoxy) is 2. The van der Waals surface area contributed by atoms with Crippen LogP contribution < -0.4 is 4.74 Å². The molecule has 0 unspecified atom stereocenters. The van der Waals surface area contributed by atoms with Crippen LogP contribution in [0.1, 0.15) is 6.92 Å². The van der Waals surface area contributed by atoms with E-state index in [1.807, 2.05) is 0 Å². The van der Waals surface area contributed by atoms with Crippen LogP contribution in [0, 0.1) is 0 Å². The molecule has 0 N–H and O–H groups in total. The molecule has 1 fully saturated rings. The summed E-state index contributed by atoms with van der Waals surface area (Å²) in [5, 5.41) is 0. The maximum absolute atomic E-state index is 12.4. The van der Waals surface area contributed by atoms with Crippen molar-refractivity contribution in [3.63, 3.8) is 0 Å². The lowest BCUT2D eigenvalue weighted by Gasteiger charge is -2.30. The topological polar surface area (TPSA) is 55.8 Å². The molecule has 118 valence electrons. The van der Waals surface area contributed by atoms with Crippen molar-refractivity contribution in [3.8, 4) is 5.75 Å². The van der Waals surface area contributed by atoms with Gasteiger partial charge in [0.15, 0.2) is 0 Å². The molecule has 1 aromatic carbocycles. The Morgan fingerprint density at radius 1 is 1.38 bits per heavy atom. The van der Waals surface area contributed by atoms with Gasteiger partial charge in [-0.15, -0.1) is 13.2 Å². The summed E-state index contributed by atoms with van der Waals surface area (Å²) in [6.45, 7) is 2.30. The summed E-state index contributed by atoms with van der Waals surface area (Å²) in [6.07, 6.45) is -5.13. The Hall–Kier alpha value is -1.32. The van der Waals surface area contributed by atoms with Gasteiger partial charge in [-0.3, -0.25) is 0 Å². The van der Waals surface area contributed by atoms with Crippen LogP contribution in [0.3, 0.4) is 0 Å². The first-order chi connectivity index (χ1) is 9.68. The van der Waals surface area contributed by atoms with Crippen molar-refractivity contribution in [3.05, 3.63) is 24.3 Å². The number of rotatable bonds is 3. The fourth-order valence-corrected chi connectivity index (χ4v) is 3.52. The van der Waals surface area contributed by atoms with Gasteiger partial charge in [0.05, 0.1) is 17.6 Å². The van der Waals surface area contributed by atoms with E-state index >= 15 is 0 Å². The minimum atomic E-state index is -4.87. The zero-order chi connectivity index (χ0) is 15.7. The molecule has 0 saturated carbocycles. The first-order valence-corrected chi connectivity index (χ1v) is 7.60. The third kappa shape index (κ3) is 4.08. The second kappa shape index (κ2) is 5.82. The Kier molecular flexibility index (Phi) is 4.45. The van der Waals surface area contributed by atoms with E-state index in [-0.39, 0.29) is 30.7 Å². The molecular formula is C12H14F3NO4S. The Morgan fingerprint density at radius 2 is 2.10 bits per heavy atom. The van der Waals surface area contributed by atoms with Crippen molar-refractivity contribution in [2.45, 2.75) is 24.3 Å². The second-order valence-electron chi connectivity index (χ2n) is 4.57. The molecule has 0 bridgehead atoms. The van der Waals surface area contributed by atoms with Gasteiger partial charge in [0.1, 0.15) is 5.75 Å². The number of hydrogen-bond acceptors (Lipinski definition) is 4. The number of morpholine rings is 1. The van der Waals surface area contributed by atoms with Crippen molar-refractivity contribution in [1.29, 1.82) is 0 Å². The molecule has 2 rings (SSSR count). The normalized spacial score (nSPS) is 21.2. The van der Waals surface area contributed by atoms with E-state index in [0.29, 0.717) is 0 Å². The minimum absolute atomic E-state index is 0.159. The van der Waals surface area contributed by atoms with Crippen LogP contribution in [-0.4, -0.2) is 44.9 Å². The average Bonchev–Trinajstić information content (AvgIpc) is 2.37. The smallest absolute Gasteiger partial charge is 0.406 e. The fourth-order valence-electron chi connectivity index (χ4n) is 1.99. The summed E-state index contributed by atoms with van der Waals surface area (Å²) < 4.78 is 71.5. The molecule has 1 aromatic rings. The van der Waals surface area contributed by atoms with Gasteiger partial charge in [-0.25, -0.2) is 8.42 Å². The van der Waals surface area contributed by atoms with Crippen molar-refractivity contribution in [1.82, 2.24) is 4.31 Å². The summed E-state index contributed by atoms with van der Waals surface area (Å²) in [7, 11) is -3.87. The van der Waals surface area contributed by atoms with Gasteiger partial charge in [0.2, 0.25) is 10.0 Å². The summed E-state index contributed by atoms with van der Waals surface area (Å²) >= 11 is 0. The van der Waals surface area contributed by atoms with Gasteiger partial charge in [0.25, 0.3) is 0 Å². The van der Waals surface area contributed by atoms with E-state index in [2.05, 4.69) is 4.74 Å². The predicted octanol–water partition coefficient (Wildman–Crippen LogP) is 1.99. The van der Waals surface area contributed by atoms with Gasteiger partial charge in [0, 0.05) is 19.2 Å². The van der Waals surface area contributed by atoms with Crippen LogP contribution in [0.25, 0.3) is 0 Å². The lowest BCUT2D eigenvalue weighted by Crippen LogP contribution is -2.44. The molecule has 1 saturated heterocycles. The van der Waals surface area contributed by atoms with Crippen molar-refractivity contribution < 1.29 is 31.1 Å². The molecule has 0 spiro atoms. The third-order valence-corrected chi connectivity index (χ3v) is 4.74. The first kappa shape index (κ1) is 16.1. The molecule has 5 nitrogen and oxygen atoms in total. The summed E-state index contributed by atoms with van der Waals surface area (Å²) in [5.41, 5.74) is 0. The predicted molar refractivity (Wildman–Crippen MR) is 67.3 cm³/mol. The number of hydrogen-bond donors (Lipinski definition) is 0. The van der Waals surface area contributed by atoms with Gasteiger partial charge in [-0.1, -0.05) is 6.07 Å². The molecule has 1 aliphatic rings. The molecule has 0 aromatic heterocycles. The highest BCUT2D eigenvalue weighted by molar-refractivity contribution is 7.89. The fraction of sp³-hybridized carbons (Fsp3) is 0.500. The van der Waals surface area contributed by atoms with Crippen molar-refractivity contribution in [2.24, 2.45) is 0 Å². The molecule has 0 radical (unpaired) electrons. The molecule has 0 aliphatic carbocycles. The highest BCUT2D eigenvalue weighted by Crippen LogP contribution is 2.26. The van der Waals surface area contributed by atoms with E-state index in [4.69, 9.17) is 4.74 Å². The molecular weight excluding hydrogens is 311 g/mol. The van der Waals surface area contributed by atoms with Crippen LogP contribution in [-0.2, 0) is 14.8 Å². The number of halogens is 3. The molecule has 0 amide bonds. The molecule has 1 atom stereocenters. The van der Waals surface area contributed by atoms with Crippen LogP contribution in [0.5, 0.6) is 5.75 Å². The van der Waals surface area contributed by atoms with E-state index in [0.717, 1.165) is 12.1 Å². The monoisotopic (exact) mass is 325 g/mol. The van der Waals surface area contributed by atoms with Crippen molar-refractivity contribution in [2.75, 3.05) is 19.7 Å². The maximum Gasteiger partial charge on any atom is 0.573 e. The van der Waals surface area contributed by atoms with Gasteiger partial charge >= 0.3 is 6.36 Å². The van der Waals surface area contributed by atoms with Gasteiger partial charge in [-0.2, -0.15) is 4.31 Å². The lowest BCUT2D eigenvalue weighted by molar-refractivity contribution is -0.274. The van der Waals surface area contributed by atoms with Crippen LogP contribution in [0.2, 0.25) is 0 Å². The van der Waals surface area contributed by atoms with Crippen molar-refractivity contribution >= 4 is 10.0 Å². The van der Waals surface area contributed by atoms with E-state index < -0.39 is 22.1 Å². The average molecular weight is 325 g/mol. The third-order valence-electron chi connectivity index (χ3n) is 2.88. The molecule has 1 aliphatic heterocycles. The van der Waals surface area contributed by atoms with Gasteiger partial charge in [-0.05, 0) is 19.1 Å². The van der Waals surface area contributed by atoms with E-state index in [1.165, 1.54) is 16.4 Å². The zero-order valence-corrected chi connectivity index (χ0v) is 11.9. The lowest BCUT2D eigenvalue weighted by atomic mass is 10.3. The minimum Gasteiger partial charge on any atom is -0.406 e. The Balaban J connectivity index is 2.26. The zero-order valence-electron chi connectivity index (χ0n) is 11.1. The highest BCUT2D eigenvalue weighted by Gasteiger charge is 2.33. The summed E-state index contributed by atoms with van der Waals surface area (Å²) in [4.78, 5) is -0.238. The Labute approximate surface area is 120 Å². The van der Waals surface area contributed by atoms with Crippen LogP contribution >= 0.6 is 0 Å². The molecule has 1 heterocycles. The summed E-state index contributed by atoms with van der Waals surface area (Å²) in [5.74, 6) is -0.565. The van der Waals surface area contributed by atoms with E-state index in [9.17, 15) is 21.6 Å². The number of sulfonamides is 1. The first-order valence-electron chi connectivity index (χ1n) is 6.16. The summed E-state index contributed by atoms with van der Waals surface area (Å²) in [6, 6.07) is 4.36. The number of alkyl halides is 3. The van der Waals surface area contributed by atoms with Gasteiger partial charge < -0.3 is 9.47 Å². The number of benzene rings is 1. The second-order valence-corrected chi connectivity index (χ2v) is 6.51. The quantitative estimate of drug-likeness (QED) is 0.853. The van der Waals surface area contributed by atoms with Crippen LogP contribution in [0.4, 0.5) is 13.2 Å². The molecule has 9 heteroatoms. The van der Waals surface area contributed by atoms with Crippen LogP contribution in [0.15, 0.2) is 29.2 Å². The standard InChI is InChI=1S/C12H14F3NO4S/c1-9-8-16(5-6-19-9)21(17,18)11-4-2-3-10(7-11)20-12(13,14)15/h2-4,7,9H,5-6,8H2,1H3/t9-/m0/s1. The van der Waals surface area contributed by atoms with E-state index in [1.54, 1.807) is 6.92 Å². The molecule has 21 heavy (non-hydrogen) atoms. The number of nitrogens with zero attached hydrogens (tertiary/aromatic N) is 1.